The van der Waals surface area contributed by atoms with Gasteiger partial charge in [-0.25, -0.2) is 15.0 Å². The molecular formula is C12H16N4. The molecule has 84 valence electrons. The van der Waals surface area contributed by atoms with Crippen LogP contribution >= 0.6 is 0 Å². The summed E-state index contributed by atoms with van der Waals surface area (Å²) in [4.78, 5) is 16.4. The van der Waals surface area contributed by atoms with Gasteiger partial charge < -0.3 is 4.98 Å². The van der Waals surface area contributed by atoms with Gasteiger partial charge in [0.1, 0.15) is 11.5 Å². The minimum atomic E-state index is 0.387. The molecule has 0 spiro atoms. The molecule has 0 aliphatic heterocycles. The fraction of sp³-hybridized carbons (Fsp3) is 0.417. The zero-order chi connectivity index (χ0) is 11.7. The highest BCUT2D eigenvalue weighted by Crippen LogP contribution is 2.20. The third-order valence-electron chi connectivity index (χ3n) is 2.44. The van der Waals surface area contributed by atoms with E-state index in [0.717, 1.165) is 22.8 Å². The van der Waals surface area contributed by atoms with Crippen molar-refractivity contribution in [2.75, 3.05) is 0 Å². The van der Waals surface area contributed by atoms with Crippen LogP contribution in [-0.2, 0) is 0 Å². The average Bonchev–Trinajstić information content (AvgIpc) is 2.62. The number of nitrogens with zero attached hydrogens (tertiary/aromatic N) is 3. The summed E-state index contributed by atoms with van der Waals surface area (Å²) in [5.74, 6) is 2.06. The lowest BCUT2D eigenvalue weighted by molar-refractivity contribution is 0.792. The van der Waals surface area contributed by atoms with Gasteiger partial charge in [0.25, 0.3) is 0 Å². The van der Waals surface area contributed by atoms with Crippen molar-refractivity contribution in [1.82, 2.24) is 19.9 Å². The molecule has 2 heterocycles. The molecule has 0 radical (unpaired) electrons. The number of aromatic nitrogens is 4. The van der Waals surface area contributed by atoms with Crippen LogP contribution in [0.2, 0.25) is 0 Å². The van der Waals surface area contributed by atoms with Crippen molar-refractivity contribution in [3.63, 3.8) is 0 Å². The third kappa shape index (κ3) is 1.96. The first-order valence-electron chi connectivity index (χ1n) is 5.43. The highest BCUT2D eigenvalue weighted by Gasteiger charge is 2.12. The fourth-order valence-corrected chi connectivity index (χ4v) is 1.49. The predicted octanol–water partition coefficient (Wildman–Crippen LogP) is 2.61. The Labute approximate surface area is 95.2 Å². The number of rotatable bonds is 2. The second kappa shape index (κ2) is 4.04. The number of hydrogen-bond donors (Lipinski definition) is 1. The van der Waals surface area contributed by atoms with Crippen molar-refractivity contribution in [2.45, 2.75) is 33.6 Å². The molecule has 1 N–H and O–H groups in total. The van der Waals surface area contributed by atoms with Crippen molar-refractivity contribution < 1.29 is 0 Å². The molecule has 0 atom stereocenters. The Morgan fingerprint density at radius 2 is 1.75 bits per heavy atom. The predicted molar refractivity (Wildman–Crippen MR) is 63.2 cm³/mol. The molecule has 0 unspecified atom stereocenters. The van der Waals surface area contributed by atoms with Crippen molar-refractivity contribution in [2.24, 2.45) is 0 Å². The van der Waals surface area contributed by atoms with Crippen LogP contribution in [0.4, 0.5) is 0 Å². The fourth-order valence-electron chi connectivity index (χ4n) is 1.49. The van der Waals surface area contributed by atoms with Gasteiger partial charge in [0.05, 0.1) is 0 Å². The molecule has 4 heteroatoms. The van der Waals surface area contributed by atoms with Crippen LogP contribution in [0.3, 0.4) is 0 Å². The molecule has 0 aromatic carbocycles. The Bertz CT molecular complexity index is 482. The van der Waals surface area contributed by atoms with Crippen molar-refractivity contribution >= 4 is 0 Å². The molecule has 0 amide bonds. The standard InChI is InChI=1S/C12H16N4/c1-7(2)11-15-9(4)10(16-11)12-13-5-8(3)6-14-12/h5-7H,1-4H3,(H,15,16). The molecule has 4 nitrogen and oxygen atoms in total. The average molecular weight is 216 g/mol. The molecule has 2 aromatic rings. The van der Waals surface area contributed by atoms with Gasteiger partial charge in [-0.05, 0) is 19.4 Å². The highest BCUT2D eigenvalue weighted by molar-refractivity contribution is 5.52. The summed E-state index contributed by atoms with van der Waals surface area (Å²) in [7, 11) is 0. The van der Waals surface area contributed by atoms with Crippen LogP contribution in [0.25, 0.3) is 11.5 Å². The lowest BCUT2D eigenvalue weighted by Gasteiger charge is -1.97. The highest BCUT2D eigenvalue weighted by atomic mass is 15.0. The lowest BCUT2D eigenvalue weighted by Crippen LogP contribution is -1.92. The number of nitrogens with one attached hydrogen (secondary N) is 1. The smallest absolute Gasteiger partial charge is 0.179 e. The number of aryl methyl sites for hydroxylation is 2. The lowest BCUT2D eigenvalue weighted by atomic mass is 10.2. The van der Waals surface area contributed by atoms with Gasteiger partial charge in [-0.2, -0.15) is 0 Å². The van der Waals surface area contributed by atoms with Crippen LogP contribution in [-0.4, -0.2) is 19.9 Å². The van der Waals surface area contributed by atoms with Gasteiger partial charge in [0.2, 0.25) is 0 Å². The van der Waals surface area contributed by atoms with E-state index < -0.39 is 0 Å². The Morgan fingerprint density at radius 3 is 2.25 bits per heavy atom. The maximum atomic E-state index is 4.53. The second-order valence-corrected chi connectivity index (χ2v) is 4.33. The largest absolute Gasteiger partial charge is 0.345 e. The molecule has 0 aliphatic carbocycles. The van der Waals surface area contributed by atoms with Crippen LogP contribution < -0.4 is 0 Å². The summed E-state index contributed by atoms with van der Waals surface area (Å²) in [6.45, 7) is 8.19. The second-order valence-electron chi connectivity index (χ2n) is 4.33. The molecule has 16 heavy (non-hydrogen) atoms. The number of imidazole rings is 1. The van der Waals surface area contributed by atoms with Crippen LogP contribution in [0, 0.1) is 13.8 Å². The van der Waals surface area contributed by atoms with E-state index in [9.17, 15) is 0 Å². The topological polar surface area (TPSA) is 54.5 Å². The summed E-state index contributed by atoms with van der Waals surface area (Å²) in [6.07, 6.45) is 3.62. The zero-order valence-corrected chi connectivity index (χ0v) is 10.1. The van der Waals surface area contributed by atoms with Crippen LogP contribution in [0.1, 0.15) is 36.8 Å². The molecule has 0 bridgehead atoms. The first-order chi connectivity index (χ1) is 7.58. The van der Waals surface area contributed by atoms with E-state index in [1.54, 1.807) is 0 Å². The molecule has 0 saturated carbocycles. The van der Waals surface area contributed by atoms with Gasteiger partial charge in [-0.3, -0.25) is 0 Å². The Hall–Kier alpha value is -1.71. The molecular weight excluding hydrogens is 200 g/mol. The summed E-state index contributed by atoms with van der Waals surface area (Å²) in [6, 6.07) is 0. The Balaban J connectivity index is 2.44. The van der Waals surface area contributed by atoms with Crippen molar-refractivity contribution in [3.05, 3.63) is 29.5 Å². The molecule has 0 aliphatic rings. The summed E-state index contributed by atoms with van der Waals surface area (Å²) >= 11 is 0. The van der Waals surface area contributed by atoms with E-state index in [-0.39, 0.29) is 0 Å². The minimum Gasteiger partial charge on any atom is -0.345 e. The van der Waals surface area contributed by atoms with E-state index in [1.807, 2.05) is 26.2 Å². The van der Waals surface area contributed by atoms with Gasteiger partial charge >= 0.3 is 0 Å². The Kier molecular flexibility index (Phi) is 2.73. The van der Waals surface area contributed by atoms with Gasteiger partial charge in [-0.15, -0.1) is 0 Å². The molecule has 0 saturated heterocycles. The van der Waals surface area contributed by atoms with Crippen LogP contribution in [0.5, 0.6) is 0 Å². The number of H-pyrrole nitrogens is 1. The zero-order valence-electron chi connectivity index (χ0n) is 10.1. The first kappa shape index (κ1) is 10.8. The molecule has 2 aromatic heterocycles. The first-order valence-corrected chi connectivity index (χ1v) is 5.43. The maximum Gasteiger partial charge on any atom is 0.179 e. The van der Waals surface area contributed by atoms with Crippen molar-refractivity contribution in [1.29, 1.82) is 0 Å². The third-order valence-corrected chi connectivity index (χ3v) is 2.44. The van der Waals surface area contributed by atoms with Gasteiger partial charge in [0.15, 0.2) is 5.82 Å². The van der Waals surface area contributed by atoms with E-state index in [1.165, 1.54) is 0 Å². The van der Waals surface area contributed by atoms with E-state index in [4.69, 9.17) is 0 Å². The van der Waals surface area contributed by atoms with Gasteiger partial charge in [-0.1, -0.05) is 13.8 Å². The summed E-state index contributed by atoms with van der Waals surface area (Å²) in [5.41, 5.74) is 2.93. The maximum absolute atomic E-state index is 4.53. The number of hydrogen-bond acceptors (Lipinski definition) is 3. The van der Waals surface area contributed by atoms with Crippen LogP contribution in [0.15, 0.2) is 12.4 Å². The van der Waals surface area contributed by atoms with Gasteiger partial charge in [0, 0.05) is 24.0 Å². The summed E-state index contributed by atoms with van der Waals surface area (Å²) in [5, 5.41) is 0. The van der Waals surface area contributed by atoms with E-state index in [2.05, 4.69) is 33.8 Å². The quantitative estimate of drug-likeness (QED) is 0.839. The normalized spacial score (nSPS) is 11.1. The molecule has 2 rings (SSSR count). The minimum absolute atomic E-state index is 0.387. The SMILES string of the molecule is Cc1cnc(-c2nc(C(C)C)[nH]c2C)nc1. The van der Waals surface area contributed by atoms with Crippen molar-refractivity contribution in [3.8, 4) is 11.5 Å². The Morgan fingerprint density at radius 1 is 1.12 bits per heavy atom. The number of aromatic amines is 1. The van der Waals surface area contributed by atoms with E-state index in [0.29, 0.717) is 11.7 Å². The van der Waals surface area contributed by atoms with E-state index >= 15 is 0 Å². The molecule has 0 fully saturated rings. The monoisotopic (exact) mass is 216 g/mol. The summed E-state index contributed by atoms with van der Waals surface area (Å²) < 4.78 is 0.